The van der Waals surface area contributed by atoms with E-state index in [0.29, 0.717) is 29.6 Å². The normalized spacial score (nSPS) is 11.4. The molecule has 1 rings (SSSR count). The largest absolute Gasteiger partial charge is 0.351 e. The molecule has 0 saturated carbocycles. The van der Waals surface area contributed by atoms with Crippen LogP contribution < -0.4 is 10.6 Å². The summed E-state index contributed by atoms with van der Waals surface area (Å²) in [5.41, 5.74) is 0.790. The van der Waals surface area contributed by atoms with E-state index in [4.69, 9.17) is 23.2 Å². The quantitative estimate of drug-likeness (QED) is 0.819. The van der Waals surface area contributed by atoms with E-state index in [1.54, 1.807) is 12.1 Å². The van der Waals surface area contributed by atoms with Gasteiger partial charge in [-0.3, -0.25) is 4.79 Å². The summed E-state index contributed by atoms with van der Waals surface area (Å²) in [7, 11) is 0. The summed E-state index contributed by atoms with van der Waals surface area (Å²) in [4.78, 5) is 11.6. The highest BCUT2D eigenvalue weighted by molar-refractivity contribution is 6.35. The minimum atomic E-state index is -0.184. The molecule has 1 aromatic rings. The number of rotatable bonds is 5. The Morgan fingerprint density at radius 1 is 1.26 bits per heavy atom. The van der Waals surface area contributed by atoms with Crippen molar-refractivity contribution in [2.24, 2.45) is 0 Å². The molecule has 5 heteroatoms. The average molecular weight is 303 g/mol. The summed E-state index contributed by atoms with van der Waals surface area (Å²) in [5.74, 6) is 0.0437. The van der Waals surface area contributed by atoms with Gasteiger partial charge in [-0.05, 0) is 38.5 Å². The lowest BCUT2D eigenvalue weighted by Crippen LogP contribution is -2.41. The molecule has 0 saturated heterocycles. The lowest BCUT2D eigenvalue weighted by molar-refractivity contribution is -0.122. The SMILES string of the molecule is CC(C)(C)NC(=O)CCNCc1ccc(Cl)cc1Cl. The molecule has 0 spiro atoms. The Bertz CT molecular complexity index is 442. The van der Waals surface area contributed by atoms with Gasteiger partial charge in [0.15, 0.2) is 0 Å². The summed E-state index contributed by atoms with van der Waals surface area (Å²) in [5, 5.41) is 7.37. The Hall–Kier alpha value is -0.770. The van der Waals surface area contributed by atoms with Crippen LogP contribution >= 0.6 is 23.2 Å². The zero-order valence-electron chi connectivity index (χ0n) is 11.5. The van der Waals surface area contributed by atoms with E-state index >= 15 is 0 Å². The number of nitrogens with one attached hydrogen (secondary N) is 2. The molecule has 3 nitrogen and oxygen atoms in total. The highest BCUT2D eigenvalue weighted by atomic mass is 35.5. The van der Waals surface area contributed by atoms with Crippen molar-refractivity contribution in [3.8, 4) is 0 Å². The van der Waals surface area contributed by atoms with Gasteiger partial charge in [0.2, 0.25) is 5.91 Å². The monoisotopic (exact) mass is 302 g/mol. The summed E-state index contributed by atoms with van der Waals surface area (Å²) in [6.07, 6.45) is 0.447. The van der Waals surface area contributed by atoms with Crippen LogP contribution in [-0.4, -0.2) is 18.0 Å². The molecule has 0 atom stereocenters. The van der Waals surface area contributed by atoms with E-state index in [2.05, 4.69) is 10.6 Å². The van der Waals surface area contributed by atoms with Crippen LogP contribution in [0.3, 0.4) is 0 Å². The van der Waals surface area contributed by atoms with Gasteiger partial charge in [-0.25, -0.2) is 0 Å². The van der Waals surface area contributed by atoms with Crippen molar-refractivity contribution < 1.29 is 4.79 Å². The van der Waals surface area contributed by atoms with Crippen molar-refractivity contribution >= 4 is 29.1 Å². The number of halogens is 2. The molecule has 0 aliphatic carbocycles. The molecule has 0 fully saturated rings. The molecule has 0 unspecified atom stereocenters. The molecule has 2 N–H and O–H groups in total. The Morgan fingerprint density at radius 2 is 1.95 bits per heavy atom. The van der Waals surface area contributed by atoms with Crippen molar-refractivity contribution in [3.63, 3.8) is 0 Å². The van der Waals surface area contributed by atoms with Gasteiger partial charge in [0.05, 0.1) is 0 Å². The maximum Gasteiger partial charge on any atom is 0.221 e. The predicted octanol–water partition coefficient (Wildman–Crippen LogP) is 3.39. The van der Waals surface area contributed by atoms with Gasteiger partial charge in [0.25, 0.3) is 0 Å². The maximum absolute atomic E-state index is 11.6. The second-order valence-corrected chi connectivity index (χ2v) is 6.30. The van der Waals surface area contributed by atoms with Gasteiger partial charge in [-0.15, -0.1) is 0 Å². The number of hydrogen-bond donors (Lipinski definition) is 2. The molecule has 0 aromatic heterocycles. The van der Waals surface area contributed by atoms with Gasteiger partial charge in [0, 0.05) is 35.1 Å². The summed E-state index contributed by atoms with van der Waals surface area (Å²) < 4.78 is 0. The molecule has 0 aliphatic rings. The average Bonchev–Trinajstić information content (AvgIpc) is 2.24. The van der Waals surface area contributed by atoms with Crippen LogP contribution in [0.4, 0.5) is 0 Å². The van der Waals surface area contributed by atoms with Crippen LogP contribution in [0.25, 0.3) is 0 Å². The van der Waals surface area contributed by atoms with Crippen molar-refractivity contribution in [2.75, 3.05) is 6.54 Å². The first-order chi connectivity index (χ1) is 8.78. The number of hydrogen-bond acceptors (Lipinski definition) is 2. The zero-order valence-corrected chi connectivity index (χ0v) is 13.0. The lowest BCUT2D eigenvalue weighted by atomic mass is 10.1. The molecule has 106 valence electrons. The van der Waals surface area contributed by atoms with Gasteiger partial charge in [-0.2, -0.15) is 0 Å². The van der Waals surface area contributed by atoms with Crippen LogP contribution in [0.2, 0.25) is 10.0 Å². The molecule has 1 amide bonds. The third-order valence-electron chi connectivity index (χ3n) is 2.37. The molecular weight excluding hydrogens is 283 g/mol. The fourth-order valence-electron chi connectivity index (χ4n) is 1.57. The van der Waals surface area contributed by atoms with Crippen molar-refractivity contribution in [1.82, 2.24) is 10.6 Å². The Kier molecular flexibility index (Phi) is 6.11. The number of carbonyl (C=O) groups is 1. The smallest absolute Gasteiger partial charge is 0.221 e. The summed E-state index contributed by atoms with van der Waals surface area (Å²) in [6, 6.07) is 5.40. The van der Waals surface area contributed by atoms with Crippen LogP contribution in [0, 0.1) is 0 Å². The molecular formula is C14H20Cl2N2O. The first-order valence-corrected chi connectivity index (χ1v) is 6.99. The second-order valence-electron chi connectivity index (χ2n) is 5.46. The Balaban J connectivity index is 2.29. The van der Waals surface area contributed by atoms with Crippen LogP contribution in [0.5, 0.6) is 0 Å². The minimum absolute atomic E-state index is 0.0437. The van der Waals surface area contributed by atoms with E-state index in [0.717, 1.165) is 5.56 Å². The van der Waals surface area contributed by atoms with E-state index in [9.17, 15) is 4.79 Å². The van der Waals surface area contributed by atoms with Crippen LogP contribution in [-0.2, 0) is 11.3 Å². The molecule has 0 heterocycles. The third-order valence-corrected chi connectivity index (χ3v) is 2.96. The number of amides is 1. The van der Waals surface area contributed by atoms with Crippen LogP contribution in [0.1, 0.15) is 32.8 Å². The molecule has 0 bridgehead atoms. The Morgan fingerprint density at radius 3 is 2.53 bits per heavy atom. The zero-order chi connectivity index (χ0) is 14.5. The lowest BCUT2D eigenvalue weighted by Gasteiger charge is -2.20. The van der Waals surface area contributed by atoms with E-state index < -0.39 is 0 Å². The topological polar surface area (TPSA) is 41.1 Å². The maximum atomic E-state index is 11.6. The minimum Gasteiger partial charge on any atom is -0.351 e. The summed E-state index contributed by atoms with van der Waals surface area (Å²) >= 11 is 11.9. The van der Waals surface area contributed by atoms with E-state index in [-0.39, 0.29) is 11.4 Å². The first kappa shape index (κ1) is 16.3. The van der Waals surface area contributed by atoms with Gasteiger partial charge >= 0.3 is 0 Å². The highest BCUT2D eigenvalue weighted by Crippen LogP contribution is 2.20. The fourth-order valence-corrected chi connectivity index (χ4v) is 2.05. The molecule has 19 heavy (non-hydrogen) atoms. The van der Waals surface area contributed by atoms with E-state index in [1.165, 1.54) is 0 Å². The molecule has 1 aromatic carbocycles. The van der Waals surface area contributed by atoms with Gasteiger partial charge in [-0.1, -0.05) is 29.3 Å². The second kappa shape index (κ2) is 7.13. The van der Waals surface area contributed by atoms with Gasteiger partial charge < -0.3 is 10.6 Å². The standard InChI is InChI=1S/C14H20Cl2N2O/c1-14(2,3)18-13(19)6-7-17-9-10-4-5-11(15)8-12(10)16/h4-5,8,17H,6-7,9H2,1-3H3,(H,18,19). The Labute approximate surface area is 124 Å². The van der Waals surface area contributed by atoms with Gasteiger partial charge in [0.1, 0.15) is 0 Å². The highest BCUT2D eigenvalue weighted by Gasteiger charge is 2.12. The van der Waals surface area contributed by atoms with Crippen molar-refractivity contribution in [2.45, 2.75) is 39.3 Å². The van der Waals surface area contributed by atoms with Crippen LogP contribution in [0.15, 0.2) is 18.2 Å². The molecule has 0 radical (unpaired) electrons. The number of carbonyl (C=O) groups excluding carboxylic acids is 1. The first-order valence-electron chi connectivity index (χ1n) is 6.23. The summed E-state index contributed by atoms with van der Waals surface area (Å²) in [6.45, 7) is 7.13. The van der Waals surface area contributed by atoms with E-state index in [1.807, 2.05) is 26.8 Å². The molecule has 0 aliphatic heterocycles. The third kappa shape index (κ3) is 6.81. The van der Waals surface area contributed by atoms with Crippen molar-refractivity contribution in [3.05, 3.63) is 33.8 Å². The number of benzene rings is 1. The van der Waals surface area contributed by atoms with Crippen molar-refractivity contribution in [1.29, 1.82) is 0 Å². The fraction of sp³-hybridized carbons (Fsp3) is 0.500. The predicted molar refractivity (Wildman–Crippen MR) is 80.7 cm³/mol.